The molecule has 76 heavy (non-hydrogen) atoms. The summed E-state index contributed by atoms with van der Waals surface area (Å²) in [6, 6.07) is 0. The van der Waals surface area contributed by atoms with Crippen LogP contribution in [0.1, 0.15) is 329 Å². The average Bonchev–Trinajstić information content (AvgIpc) is 3.41. The van der Waals surface area contributed by atoms with E-state index in [0.29, 0.717) is 19.3 Å². The number of hydrogen-bond donors (Lipinski definition) is 2. The molecule has 448 valence electrons. The summed E-state index contributed by atoms with van der Waals surface area (Å²) in [5, 5.41) is 9.82. The van der Waals surface area contributed by atoms with E-state index in [-0.39, 0.29) is 25.9 Å². The molecule has 0 aliphatic carbocycles. The monoisotopic (exact) mass is 1100 g/mol. The lowest BCUT2D eigenvalue weighted by molar-refractivity contribution is -0.161. The summed E-state index contributed by atoms with van der Waals surface area (Å²) in [6.45, 7) is 4.68. The summed E-state index contributed by atoms with van der Waals surface area (Å²) in [5.74, 6) is -1.44. The van der Waals surface area contributed by atoms with Gasteiger partial charge in [0.2, 0.25) is 0 Å². The van der Waals surface area contributed by atoms with Gasteiger partial charge in [-0.25, -0.2) is 4.57 Å². The third kappa shape index (κ3) is 56.7. The van der Waals surface area contributed by atoms with Crippen LogP contribution in [-0.4, -0.2) is 66.5 Å². The van der Waals surface area contributed by atoms with E-state index in [0.717, 1.165) is 70.6 Å². The highest BCUT2D eigenvalue weighted by atomic mass is 31.2. The van der Waals surface area contributed by atoms with Gasteiger partial charge in [-0.05, 0) is 51.4 Å². The van der Waals surface area contributed by atoms with Crippen molar-refractivity contribution in [3.05, 3.63) is 24.3 Å². The Balaban J connectivity index is 4.65. The van der Waals surface area contributed by atoms with E-state index in [1.807, 2.05) is 0 Å². The lowest BCUT2D eigenvalue weighted by Gasteiger charge is -2.21. The number of ether oxygens (including phenoxy) is 3. The van der Waals surface area contributed by atoms with E-state index in [2.05, 4.69) is 45.1 Å². The topological polar surface area (TPSA) is 155 Å². The van der Waals surface area contributed by atoms with Crippen molar-refractivity contribution < 1.29 is 52.2 Å². The van der Waals surface area contributed by atoms with Crippen LogP contribution in [0.25, 0.3) is 0 Å². The molecule has 0 aliphatic rings. The van der Waals surface area contributed by atoms with Gasteiger partial charge in [0.05, 0.1) is 19.8 Å². The maximum absolute atomic E-state index is 13.0. The van der Waals surface area contributed by atoms with Gasteiger partial charge in [-0.3, -0.25) is 23.4 Å². The molecule has 11 nitrogen and oxygen atoms in total. The van der Waals surface area contributed by atoms with Crippen molar-refractivity contribution in [1.29, 1.82) is 0 Å². The summed E-state index contributed by atoms with van der Waals surface area (Å²) in [5.41, 5.74) is 0. The molecule has 0 rings (SSSR count). The molecular weight excluding hydrogens is 976 g/mol. The minimum absolute atomic E-state index is 0.169. The van der Waals surface area contributed by atoms with Crippen LogP contribution in [-0.2, 0) is 42.2 Å². The molecule has 0 amide bonds. The highest BCUT2D eigenvalue weighted by Crippen LogP contribution is 2.43. The molecular formula is C64H121O11P. The lowest BCUT2D eigenvalue weighted by atomic mass is 10.0. The Morgan fingerprint density at radius 3 is 1.00 bits per heavy atom. The van der Waals surface area contributed by atoms with Gasteiger partial charge in [0, 0.05) is 19.3 Å². The average molecular weight is 1100 g/mol. The van der Waals surface area contributed by atoms with E-state index < -0.39 is 57.8 Å². The molecule has 0 radical (unpaired) electrons. The highest BCUT2D eigenvalue weighted by molar-refractivity contribution is 7.47. The maximum Gasteiger partial charge on any atom is 0.472 e. The first-order valence-corrected chi connectivity index (χ1v) is 33.7. The molecule has 3 atom stereocenters. The van der Waals surface area contributed by atoms with Crippen molar-refractivity contribution in [3.63, 3.8) is 0 Å². The van der Waals surface area contributed by atoms with Gasteiger partial charge in [0.25, 0.3) is 0 Å². The number of hydrogen-bond acceptors (Lipinski definition) is 10. The Morgan fingerprint density at radius 1 is 0.368 bits per heavy atom. The van der Waals surface area contributed by atoms with Crippen LogP contribution in [0, 0.1) is 0 Å². The third-order valence-corrected chi connectivity index (χ3v) is 15.3. The van der Waals surface area contributed by atoms with Crippen LogP contribution in [0.4, 0.5) is 0 Å². The largest absolute Gasteiger partial charge is 0.472 e. The maximum atomic E-state index is 13.0. The summed E-state index contributed by atoms with van der Waals surface area (Å²) >= 11 is 0. The normalized spacial score (nSPS) is 13.4. The van der Waals surface area contributed by atoms with Gasteiger partial charge in [-0.2, -0.15) is 0 Å². The molecule has 0 spiro atoms. The summed E-state index contributed by atoms with van der Waals surface area (Å²) < 4.78 is 39.7. The first-order chi connectivity index (χ1) is 37.2. The molecule has 2 N–H and O–H groups in total. The quantitative estimate of drug-likeness (QED) is 0.0197. The Hall–Kier alpha value is -2.04. The molecule has 3 unspecified atom stereocenters. The van der Waals surface area contributed by atoms with Crippen LogP contribution in [0.5, 0.6) is 0 Å². The number of aliphatic hydroxyl groups excluding tert-OH is 1. The molecule has 12 heteroatoms. The highest BCUT2D eigenvalue weighted by Gasteiger charge is 2.28. The predicted octanol–water partition coefficient (Wildman–Crippen LogP) is 19.4. The lowest BCUT2D eigenvalue weighted by Crippen LogP contribution is -2.30. The van der Waals surface area contributed by atoms with Crippen LogP contribution >= 0.6 is 7.82 Å². The fourth-order valence-corrected chi connectivity index (χ4v) is 10.2. The van der Waals surface area contributed by atoms with E-state index in [1.54, 1.807) is 0 Å². The third-order valence-electron chi connectivity index (χ3n) is 14.4. The van der Waals surface area contributed by atoms with Crippen LogP contribution in [0.2, 0.25) is 0 Å². The SMILES string of the molecule is CCCCC/C=C\C/C=C\CCCCCCCCCCCC(=O)OC(COC(=O)CCCCCCCCCCCCCCCCCCCCC)COP(=O)(O)OCC(CO)OC(=O)CCCCCCCCCCCCC. The van der Waals surface area contributed by atoms with Crippen molar-refractivity contribution >= 4 is 25.7 Å². The standard InChI is InChI=1S/C64H121O11P/c1-4-7-10-13-16-19-22-24-26-28-30-32-34-36-39-41-44-47-50-53-62(66)71-57-61(75-64(68)55-52-49-46-43-40-37-35-33-31-29-27-25-23-20-17-14-11-8-5-2)59-73-76(69,70)72-58-60(56-65)74-63(67)54-51-48-45-42-38-21-18-15-12-9-6-3/h17,20,25,27,60-61,65H,4-16,18-19,21-24,26,28-59H2,1-3H3,(H,69,70)/b20-17-,27-25-. The van der Waals surface area contributed by atoms with Crippen LogP contribution in [0.3, 0.4) is 0 Å². The van der Waals surface area contributed by atoms with Gasteiger partial charge in [0.15, 0.2) is 6.10 Å². The zero-order valence-electron chi connectivity index (χ0n) is 49.7. The molecule has 0 heterocycles. The number of phosphoric acid groups is 1. The molecule has 0 aliphatic heterocycles. The Bertz CT molecular complexity index is 1370. The summed E-state index contributed by atoms with van der Waals surface area (Å²) in [7, 11) is -4.74. The molecule has 0 aromatic rings. The van der Waals surface area contributed by atoms with E-state index in [1.165, 1.54) is 199 Å². The Morgan fingerprint density at radius 2 is 0.645 bits per heavy atom. The molecule has 0 bridgehead atoms. The van der Waals surface area contributed by atoms with Crippen molar-refractivity contribution in [1.82, 2.24) is 0 Å². The van der Waals surface area contributed by atoms with Crippen LogP contribution in [0.15, 0.2) is 24.3 Å². The van der Waals surface area contributed by atoms with Gasteiger partial charge in [-0.15, -0.1) is 0 Å². The minimum Gasteiger partial charge on any atom is -0.462 e. The zero-order valence-corrected chi connectivity index (χ0v) is 50.6. The fourth-order valence-electron chi connectivity index (χ4n) is 9.45. The second kappa shape index (κ2) is 59.1. The van der Waals surface area contributed by atoms with Crippen molar-refractivity contribution in [3.8, 4) is 0 Å². The van der Waals surface area contributed by atoms with Gasteiger partial charge in [-0.1, -0.05) is 283 Å². The molecule has 0 saturated heterocycles. The van der Waals surface area contributed by atoms with E-state index in [9.17, 15) is 28.9 Å². The number of allylic oxidation sites excluding steroid dienone is 4. The number of carbonyl (C=O) groups excluding carboxylic acids is 3. The number of unbranched alkanes of at least 4 members (excludes halogenated alkanes) is 40. The molecule has 0 fully saturated rings. The Labute approximate surface area is 468 Å². The zero-order chi connectivity index (χ0) is 55.5. The summed E-state index contributed by atoms with van der Waals surface area (Å²) in [4.78, 5) is 48.7. The number of carbonyl (C=O) groups is 3. The molecule has 0 saturated carbocycles. The molecule has 0 aromatic carbocycles. The van der Waals surface area contributed by atoms with E-state index in [4.69, 9.17) is 23.3 Å². The Kier molecular flexibility index (Phi) is 57.5. The van der Waals surface area contributed by atoms with Gasteiger partial charge in [0.1, 0.15) is 12.7 Å². The van der Waals surface area contributed by atoms with Crippen molar-refractivity contribution in [2.75, 3.05) is 26.4 Å². The van der Waals surface area contributed by atoms with Gasteiger partial charge >= 0.3 is 25.7 Å². The summed E-state index contributed by atoms with van der Waals surface area (Å²) in [6.07, 6.45) is 61.3. The van der Waals surface area contributed by atoms with Gasteiger partial charge < -0.3 is 24.2 Å². The first kappa shape index (κ1) is 74.0. The number of phosphoric ester groups is 1. The smallest absolute Gasteiger partial charge is 0.462 e. The predicted molar refractivity (Wildman–Crippen MR) is 316 cm³/mol. The molecule has 0 aromatic heterocycles. The fraction of sp³-hybridized carbons (Fsp3) is 0.891. The number of aliphatic hydroxyl groups is 1. The van der Waals surface area contributed by atoms with Crippen molar-refractivity contribution in [2.24, 2.45) is 0 Å². The number of esters is 3. The van der Waals surface area contributed by atoms with Crippen LogP contribution < -0.4 is 0 Å². The van der Waals surface area contributed by atoms with Crippen molar-refractivity contribution in [2.45, 2.75) is 341 Å². The second-order valence-electron chi connectivity index (χ2n) is 21.9. The first-order valence-electron chi connectivity index (χ1n) is 32.2. The van der Waals surface area contributed by atoms with E-state index >= 15 is 0 Å². The number of rotatable bonds is 61. The minimum atomic E-state index is -4.74. The second-order valence-corrected chi connectivity index (χ2v) is 23.4.